The number of fused-ring (bicyclic) bond motifs is 1. The Morgan fingerprint density at radius 2 is 1.55 bits per heavy atom. The number of nitrogens with one attached hydrogen (secondary N) is 4. The number of aromatic amines is 1. The molecule has 4 N–H and O–H groups in total. The fraction of sp³-hybridized carbons (Fsp3) is 0. The minimum atomic E-state index is -3.78. The Labute approximate surface area is 177 Å². The maximum Gasteiger partial charge on any atom is 0.269 e. The van der Waals surface area contributed by atoms with Crippen LogP contribution in [0.3, 0.4) is 0 Å². The highest BCUT2D eigenvalue weighted by Crippen LogP contribution is 2.16. The van der Waals surface area contributed by atoms with E-state index in [-0.39, 0.29) is 22.0 Å². The number of hydrogen-bond donors (Lipinski definition) is 4. The molecule has 1 heterocycles. The molecule has 1 aromatic heterocycles. The summed E-state index contributed by atoms with van der Waals surface area (Å²) in [6.45, 7) is 0. The van der Waals surface area contributed by atoms with E-state index in [1.54, 1.807) is 54.6 Å². The standard InChI is InChI=1S/C21H17N5O4S/c27-19(24-25-21-22-18-9-5-4-8-17(18)20(28)23-21)14-10-12-16(13-11-14)31(29,30)26-15-6-2-1-3-7-15/h1-13,26H,(H,24,27)(H2,22,23,25,28). The molecule has 0 radical (unpaired) electrons. The highest BCUT2D eigenvalue weighted by Gasteiger charge is 2.15. The summed E-state index contributed by atoms with van der Waals surface area (Å²) in [4.78, 5) is 31.2. The van der Waals surface area contributed by atoms with Gasteiger partial charge in [-0.25, -0.2) is 13.4 Å². The summed E-state index contributed by atoms with van der Waals surface area (Å²) in [5.41, 5.74) is 5.76. The van der Waals surface area contributed by atoms with Crippen molar-refractivity contribution < 1.29 is 13.2 Å². The van der Waals surface area contributed by atoms with Crippen molar-refractivity contribution in [3.8, 4) is 0 Å². The average molecular weight is 435 g/mol. The van der Waals surface area contributed by atoms with Gasteiger partial charge in [-0.1, -0.05) is 30.3 Å². The second-order valence-electron chi connectivity index (χ2n) is 6.51. The second kappa shape index (κ2) is 8.28. The Balaban J connectivity index is 1.44. The number of carbonyl (C=O) groups excluding carboxylic acids is 1. The number of benzene rings is 3. The van der Waals surface area contributed by atoms with E-state index < -0.39 is 15.9 Å². The number of para-hydroxylation sites is 2. The number of hydrazine groups is 1. The zero-order valence-corrected chi connectivity index (χ0v) is 16.8. The molecular weight excluding hydrogens is 418 g/mol. The maximum absolute atomic E-state index is 12.5. The van der Waals surface area contributed by atoms with E-state index in [2.05, 4.69) is 25.5 Å². The minimum absolute atomic E-state index is 0.0152. The number of anilines is 2. The first-order valence-corrected chi connectivity index (χ1v) is 10.6. The van der Waals surface area contributed by atoms with Gasteiger partial charge >= 0.3 is 0 Å². The van der Waals surface area contributed by atoms with Crippen molar-refractivity contribution in [2.75, 3.05) is 10.1 Å². The van der Waals surface area contributed by atoms with Crippen molar-refractivity contribution in [3.63, 3.8) is 0 Å². The van der Waals surface area contributed by atoms with Crippen LogP contribution in [0.4, 0.5) is 11.6 Å². The van der Waals surface area contributed by atoms with Gasteiger partial charge in [-0.05, 0) is 48.5 Å². The predicted octanol–water partition coefficient (Wildman–Crippen LogP) is 2.48. The third-order valence-electron chi connectivity index (χ3n) is 4.36. The lowest BCUT2D eigenvalue weighted by molar-refractivity contribution is 0.0962. The number of aromatic nitrogens is 2. The first kappa shape index (κ1) is 20.1. The summed E-state index contributed by atoms with van der Waals surface area (Å²) in [6, 6.07) is 20.7. The lowest BCUT2D eigenvalue weighted by Crippen LogP contribution is -2.31. The quantitative estimate of drug-likeness (QED) is 0.344. The van der Waals surface area contributed by atoms with Crippen molar-refractivity contribution in [1.82, 2.24) is 15.4 Å². The molecule has 0 aliphatic heterocycles. The molecular formula is C21H17N5O4S. The number of sulfonamides is 1. The number of rotatable bonds is 6. The first-order valence-electron chi connectivity index (χ1n) is 9.16. The third kappa shape index (κ3) is 4.54. The predicted molar refractivity (Wildman–Crippen MR) is 117 cm³/mol. The van der Waals surface area contributed by atoms with Gasteiger partial charge in [-0.2, -0.15) is 0 Å². The summed E-state index contributed by atoms with van der Waals surface area (Å²) in [6.07, 6.45) is 0. The molecule has 4 rings (SSSR count). The van der Waals surface area contributed by atoms with Crippen molar-refractivity contribution >= 4 is 38.5 Å². The monoisotopic (exact) mass is 435 g/mol. The van der Waals surface area contributed by atoms with Gasteiger partial charge in [0.1, 0.15) is 0 Å². The molecule has 3 aromatic carbocycles. The molecule has 31 heavy (non-hydrogen) atoms. The maximum atomic E-state index is 12.5. The average Bonchev–Trinajstić information content (AvgIpc) is 2.78. The fourth-order valence-corrected chi connectivity index (χ4v) is 3.90. The van der Waals surface area contributed by atoms with Crippen molar-refractivity contribution in [1.29, 1.82) is 0 Å². The fourth-order valence-electron chi connectivity index (χ4n) is 2.84. The summed E-state index contributed by atoms with van der Waals surface area (Å²) < 4.78 is 27.4. The number of H-pyrrole nitrogens is 1. The highest BCUT2D eigenvalue weighted by atomic mass is 32.2. The molecule has 10 heteroatoms. The topological polar surface area (TPSA) is 133 Å². The molecule has 0 saturated heterocycles. The first-order chi connectivity index (χ1) is 14.9. The molecule has 0 spiro atoms. The Kier molecular flexibility index (Phi) is 5.37. The van der Waals surface area contributed by atoms with Gasteiger partial charge in [-0.15, -0.1) is 0 Å². The van der Waals surface area contributed by atoms with Crippen LogP contribution in [0.15, 0.2) is 88.6 Å². The van der Waals surface area contributed by atoms with Gasteiger partial charge in [0.25, 0.3) is 21.5 Å². The molecule has 0 aliphatic rings. The molecule has 0 aliphatic carbocycles. The molecule has 0 saturated carbocycles. The van der Waals surface area contributed by atoms with Crippen molar-refractivity contribution in [3.05, 3.63) is 94.8 Å². The molecule has 0 bridgehead atoms. The van der Waals surface area contributed by atoms with Crippen LogP contribution >= 0.6 is 0 Å². The SMILES string of the molecule is O=C(NNc1nc2ccccc2c(=O)[nH]1)c1ccc(S(=O)(=O)Nc2ccccc2)cc1. The zero-order valence-electron chi connectivity index (χ0n) is 16.0. The zero-order chi connectivity index (χ0) is 21.8. The third-order valence-corrected chi connectivity index (χ3v) is 5.76. The van der Waals surface area contributed by atoms with Crippen LogP contribution in [0.5, 0.6) is 0 Å². The summed E-state index contributed by atoms with van der Waals surface area (Å²) in [5, 5.41) is 0.431. The minimum Gasteiger partial charge on any atom is -0.291 e. The second-order valence-corrected chi connectivity index (χ2v) is 8.19. The van der Waals surface area contributed by atoms with E-state index in [9.17, 15) is 18.0 Å². The highest BCUT2D eigenvalue weighted by molar-refractivity contribution is 7.92. The number of nitrogens with zero attached hydrogens (tertiary/aromatic N) is 1. The number of hydrogen-bond acceptors (Lipinski definition) is 6. The normalized spacial score (nSPS) is 11.1. The van der Waals surface area contributed by atoms with Crippen LogP contribution in [0, 0.1) is 0 Å². The van der Waals surface area contributed by atoms with E-state index in [0.717, 1.165) is 0 Å². The van der Waals surface area contributed by atoms with Gasteiger partial charge < -0.3 is 0 Å². The Hall–Kier alpha value is -4.18. The van der Waals surface area contributed by atoms with Gasteiger partial charge in [0.05, 0.1) is 15.8 Å². The van der Waals surface area contributed by atoms with Gasteiger partial charge in [-0.3, -0.25) is 30.1 Å². The van der Waals surface area contributed by atoms with Crippen LogP contribution in [0.25, 0.3) is 10.9 Å². The van der Waals surface area contributed by atoms with Gasteiger partial charge in [0, 0.05) is 11.3 Å². The summed E-state index contributed by atoms with van der Waals surface area (Å²) >= 11 is 0. The summed E-state index contributed by atoms with van der Waals surface area (Å²) in [7, 11) is -3.78. The molecule has 0 atom stereocenters. The smallest absolute Gasteiger partial charge is 0.269 e. The van der Waals surface area contributed by atoms with E-state index in [0.29, 0.717) is 16.6 Å². The molecule has 9 nitrogen and oxygen atoms in total. The molecule has 1 amide bonds. The van der Waals surface area contributed by atoms with Crippen LogP contribution in [-0.4, -0.2) is 24.3 Å². The molecule has 0 fully saturated rings. The van der Waals surface area contributed by atoms with E-state index in [4.69, 9.17) is 0 Å². The largest absolute Gasteiger partial charge is 0.291 e. The van der Waals surface area contributed by atoms with Crippen LogP contribution < -0.4 is 21.1 Å². The Morgan fingerprint density at radius 3 is 2.29 bits per heavy atom. The Bertz CT molecular complexity index is 1400. The number of carbonyl (C=O) groups is 1. The molecule has 4 aromatic rings. The van der Waals surface area contributed by atoms with E-state index in [1.807, 2.05) is 0 Å². The van der Waals surface area contributed by atoms with Crippen LogP contribution in [0.2, 0.25) is 0 Å². The van der Waals surface area contributed by atoms with Gasteiger partial charge in [0.15, 0.2) is 0 Å². The summed E-state index contributed by atoms with van der Waals surface area (Å²) in [5.74, 6) is -0.459. The van der Waals surface area contributed by atoms with E-state index in [1.165, 1.54) is 24.3 Å². The van der Waals surface area contributed by atoms with Crippen LogP contribution in [-0.2, 0) is 10.0 Å². The molecule has 0 unspecified atom stereocenters. The van der Waals surface area contributed by atoms with Gasteiger partial charge in [0.2, 0.25) is 5.95 Å². The lowest BCUT2D eigenvalue weighted by atomic mass is 10.2. The Morgan fingerprint density at radius 1 is 0.871 bits per heavy atom. The molecule has 156 valence electrons. The number of amides is 1. The van der Waals surface area contributed by atoms with Crippen molar-refractivity contribution in [2.45, 2.75) is 4.90 Å². The van der Waals surface area contributed by atoms with Crippen LogP contribution in [0.1, 0.15) is 10.4 Å². The van der Waals surface area contributed by atoms with Crippen molar-refractivity contribution in [2.24, 2.45) is 0 Å². The van der Waals surface area contributed by atoms with E-state index >= 15 is 0 Å². The lowest BCUT2D eigenvalue weighted by Gasteiger charge is -2.10.